The maximum Gasteiger partial charge on any atom is 0.737 e. The quantitative estimate of drug-likeness (QED) is 0.152. The summed E-state index contributed by atoms with van der Waals surface area (Å²) in [6, 6.07) is 18.0. The van der Waals surface area contributed by atoms with Crippen LogP contribution in [0.2, 0.25) is 0 Å². The second-order valence-corrected chi connectivity index (χ2v) is 12.9. The topological polar surface area (TPSA) is 7.94 Å². The van der Waals surface area contributed by atoms with Crippen molar-refractivity contribution >= 4 is 18.3 Å². The summed E-state index contributed by atoms with van der Waals surface area (Å²) >= 11 is 0. The van der Waals surface area contributed by atoms with Crippen LogP contribution in [-0.2, 0) is 25.2 Å². The van der Waals surface area contributed by atoms with Crippen LogP contribution in [0.3, 0.4) is 0 Å². The molecule has 0 bridgehead atoms. The summed E-state index contributed by atoms with van der Waals surface area (Å²) in [4.78, 5) is 0. The maximum absolute atomic E-state index is 17.9. The van der Waals surface area contributed by atoms with E-state index in [0.717, 1.165) is 75.6 Å². The number of rotatable bonds is 3. The van der Waals surface area contributed by atoms with Crippen molar-refractivity contribution in [2.45, 2.75) is 63.7 Å². The summed E-state index contributed by atoms with van der Waals surface area (Å²) in [5.74, 6) is 0. The van der Waals surface area contributed by atoms with Crippen molar-refractivity contribution in [1.29, 1.82) is 0 Å². The number of benzene rings is 3. The number of fused-ring (bicyclic) bond motifs is 5. The number of alkyl halides is 6. The van der Waals surface area contributed by atoms with Crippen LogP contribution in [0, 0.1) is 0 Å². The fourth-order valence-corrected chi connectivity index (χ4v) is 8.19. The predicted molar refractivity (Wildman–Crippen MR) is 169 cm³/mol. The molecule has 2 nitrogen and oxygen atoms in total. The summed E-state index contributed by atoms with van der Waals surface area (Å²) in [5, 5.41) is 0. The Morgan fingerprint density at radius 3 is 1.60 bits per heavy atom. The zero-order valence-electron chi connectivity index (χ0n) is 25.7. The summed E-state index contributed by atoms with van der Waals surface area (Å²) in [7, 11) is 0. The first-order chi connectivity index (χ1) is 22.9. The van der Waals surface area contributed by atoms with Crippen LogP contribution in [0.1, 0.15) is 77.6 Å². The second-order valence-electron chi connectivity index (χ2n) is 12.9. The molecule has 48 heavy (non-hydrogen) atoms. The third-order valence-corrected chi connectivity index (χ3v) is 10.2. The van der Waals surface area contributed by atoms with Crippen LogP contribution >= 0.6 is 0 Å². The first-order valence-corrected chi connectivity index (χ1v) is 16.2. The highest BCUT2D eigenvalue weighted by molar-refractivity contribution is 6.59. The molecular weight excluding hydrogens is 635 g/mol. The van der Waals surface area contributed by atoms with Gasteiger partial charge >= 0.3 is 19.3 Å². The average Bonchev–Trinajstić information content (AvgIpc) is 3.60. The normalized spacial score (nSPS) is 18.9. The standard InChI is InChI=1S/C37H29BF8N2/c39-36(40,41)25-18-14-23(15-19-25)32-27-10-4-6-12-29(27)34-31(22-8-2-1-3-9-22)35-30-13-7-5-11-28(30)33(48(35)38(45,46)47(32)34)24-16-20-26(21-17-24)37(42,43)44/h1-3,8-9,14-21H,4-7,10-13H2. The van der Waals surface area contributed by atoms with E-state index in [1.165, 1.54) is 24.3 Å². The molecule has 11 heteroatoms. The van der Waals surface area contributed by atoms with Crippen molar-refractivity contribution in [3.8, 4) is 11.3 Å². The largest absolute Gasteiger partial charge is 0.737 e. The van der Waals surface area contributed by atoms with Gasteiger partial charge in [-0.1, -0.05) is 42.5 Å². The van der Waals surface area contributed by atoms with Gasteiger partial charge in [-0.3, -0.25) is 0 Å². The minimum absolute atomic E-state index is 0.197. The molecule has 0 saturated carbocycles. The molecule has 0 amide bonds. The van der Waals surface area contributed by atoms with Crippen LogP contribution in [0.15, 0.2) is 95.7 Å². The van der Waals surface area contributed by atoms with Crippen LogP contribution < -0.4 is 0 Å². The number of nitrogens with zero attached hydrogens (tertiary/aromatic N) is 2. The first-order valence-electron chi connectivity index (χ1n) is 16.2. The Balaban J connectivity index is 1.49. The molecule has 4 aromatic rings. The fraction of sp³-hybridized carbons (Fsp3) is 0.270. The molecular formula is C37H29BF8N2. The van der Waals surface area contributed by atoms with Gasteiger partial charge in [-0.25, -0.2) is 0 Å². The molecule has 1 aromatic heterocycles. The molecule has 0 unspecified atom stereocenters. The Morgan fingerprint density at radius 2 is 1.04 bits per heavy atom. The van der Waals surface area contributed by atoms with Gasteiger partial charge in [-0.05, 0) is 110 Å². The number of hydrogen-bond donors (Lipinski definition) is 0. The van der Waals surface area contributed by atoms with E-state index in [4.69, 9.17) is 0 Å². The zero-order valence-corrected chi connectivity index (χ0v) is 25.7. The smallest absolute Gasteiger partial charge is 0.389 e. The van der Waals surface area contributed by atoms with E-state index in [9.17, 15) is 26.3 Å². The molecule has 2 aliphatic carbocycles. The Labute approximate surface area is 271 Å². The highest BCUT2D eigenvalue weighted by Gasteiger charge is 2.59. The minimum atomic E-state index is -4.69. The summed E-state index contributed by atoms with van der Waals surface area (Å²) in [6.45, 7) is -4.69. The van der Waals surface area contributed by atoms with Gasteiger partial charge in [-0.2, -0.15) is 26.3 Å². The van der Waals surface area contributed by atoms with Crippen LogP contribution in [0.5, 0.6) is 0 Å². The van der Waals surface area contributed by atoms with E-state index in [1.807, 2.05) is 30.3 Å². The lowest BCUT2D eigenvalue weighted by Crippen LogP contribution is -2.52. The van der Waals surface area contributed by atoms with E-state index < -0.39 is 30.4 Å². The maximum atomic E-state index is 17.9. The van der Waals surface area contributed by atoms with Crippen molar-refractivity contribution < 1.29 is 39.5 Å². The van der Waals surface area contributed by atoms with Crippen LogP contribution in [0.4, 0.5) is 35.0 Å². The van der Waals surface area contributed by atoms with Crippen molar-refractivity contribution in [2.24, 2.45) is 0 Å². The molecule has 0 N–H and O–H groups in total. The monoisotopic (exact) mass is 664 g/mol. The van der Waals surface area contributed by atoms with E-state index >= 15 is 8.63 Å². The van der Waals surface area contributed by atoms with E-state index in [0.29, 0.717) is 53.8 Å². The third-order valence-electron chi connectivity index (χ3n) is 10.2. The molecule has 4 aliphatic rings. The third kappa shape index (κ3) is 4.64. The summed E-state index contributed by atoms with van der Waals surface area (Å²) in [5.41, 5.74) is 4.27. The van der Waals surface area contributed by atoms with E-state index in [-0.39, 0.29) is 22.5 Å². The van der Waals surface area contributed by atoms with Gasteiger partial charge < -0.3 is 17.6 Å². The highest BCUT2D eigenvalue weighted by Crippen LogP contribution is 2.53. The predicted octanol–water partition coefficient (Wildman–Crippen LogP) is 10.5. The minimum Gasteiger partial charge on any atom is -0.389 e. The SMILES string of the molecule is F[B-]1(F)n2c(c3c(c2-c2ccc(C(F)(F)F)cc2)CCCC3)C(c2ccccc2)=C2C3=C(CCCC3)C(c3ccc(C(F)(F)F)cc3)=[N+]21. The Bertz CT molecular complexity index is 2050. The van der Waals surface area contributed by atoms with Crippen molar-refractivity contribution in [2.75, 3.05) is 0 Å². The molecule has 2 aliphatic heterocycles. The first kappa shape index (κ1) is 30.9. The highest BCUT2D eigenvalue weighted by atomic mass is 19.4. The molecule has 3 heterocycles. The number of aromatic nitrogens is 1. The van der Waals surface area contributed by atoms with Crippen molar-refractivity contribution in [1.82, 2.24) is 4.48 Å². The lowest BCUT2D eigenvalue weighted by molar-refractivity contribution is -0.362. The molecule has 8 rings (SSSR count). The van der Waals surface area contributed by atoms with Gasteiger partial charge in [0.05, 0.1) is 16.7 Å². The summed E-state index contributed by atoms with van der Waals surface area (Å²) < 4.78 is 119. The van der Waals surface area contributed by atoms with Gasteiger partial charge in [0, 0.05) is 28.1 Å². The molecule has 246 valence electrons. The number of allylic oxidation sites excluding steroid dienone is 2. The van der Waals surface area contributed by atoms with Crippen LogP contribution in [0.25, 0.3) is 16.8 Å². The average molecular weight is 664 g/mol. The summed E-state index contributed by atoms with van der Waals surface area (Å²) in [6.07, 6.45) is -4.02. The Hall–Kier alpha value is -4.41. The van der Waals surface area contributed by atoms with Crippen LogP contribution in [-0.4, -0.2) is 21.6 Å². The molecule has 3 aromatic carbocycles. The fourth-order valence-electron chi connectivity index (χ4n) is 8.19. The van der Waals surface area contributed by atoms with Gasteiger partial charge in [-0.15, -0.1) is 0 Å². The van der Waals surface area contributed by atoms with E-state index in [2.05, 4.69) is 0 Å². The number of halogens is 8. The number of hydrogen-bond acceptors (Lipinski definition) is 0. The Morgan fingerprint density at radius 1 is 0.542 bits per heavy atom. The lowest BCUT2D eigenvalue weighted by Gasteiger charge is -2.35. The molecule has 0 saturated heterocycles. The molecule has 0 spiro atoms. The second kappa shape index (κ2) is 10.8. The van der Waals surface area contributed by atoms with Gasteiger partial charge in [0.15, 0.2) is 11.4 Å². The molecule has 0 atom stereocenters. The van der Waals surface area contributed by atoms with E-state index in [1.54, 1.807) is 0 Å². The van der Waals surface area contributed by atoms with Crippen molar-refractivity contribution in [3.63, 3.8) is 0 Å². The Kier molecular flexibility index (Phi) is 6.95. The zero-order chi connectivity index (χ0) is 33.6. The van der Waals surface area contributed by atoms with Crippen molar-refractivity contribution in [3.05, 3.63) is 135 Å². The lowest BCUT2D eigenvalue weighted by atomic mass is 9.81. The van der Waals surface area contributed by atoms with Gasteiger partial charge in [0.2, 0.25) is 0 Å². The molecule has 0 fully saturated rings. The molecule has 0 radical (unpaired) electrons. The van der Waals surface area contributed by atoms with Gasteiger partial charge in [0.1, 0.15) is 0 Å². The van der Waals surface area contributed by atoms with Gasteiger partial charge in [0.25, 0.3) is 0 Å².